The van der Waals surface area contributed by atoms with Gasteiger partial charge in [0, 0.05) is 54.5 Å². The Morgan fingerprint density at radius 3 is 2.36 bits per heavy atom. The molecule has 0 saturated carbocycles. The van der Waals surface area contributed by atoms with Gasteiger partial charge in [0.05, 0.1) is 24.5 Å². The Labute approximate surface area is 256 Å². The van der Waals surface area contributed by atoms with Crippen molar-refractivity contribution in [3.8, 4) is 11.3 Å². The lowest BCUT2D eigenvalue weighted by Gasteiger charge is -2.27. The van der Waals surface area contributed by atoms with E-state index in [2.05, 4.69) is 36.4 Å². The highest BCUT2D eigenvalue weighted by atomic mass is 16.5. The molecule has 0 radical (unpaired) electrons. The molecule has 0 atom stereocenters. The molecule has 1 aliphatic rings. The molecule has 0 unspecified atom stereocenters. The Morgan fingerprint density at radius 1 is 1.00 bits per heavy atom. The van der Waals surface area contributed by atoms with Crippen LogP contribution in [0.4, 0.5) is 22.9 Å². The molecule has 228 valence electrons. The summed E-state index contributed by atoms with van der Waals surface area (Å²) in [5.41, 5.74) is 11.6. The van der Waals surface area contributed by atoms with Gasteiger partial charge in [-0.2, -0.15) is 0 Å². The summed E-state index contributed by atoms with van der Waals surface area (Å²) in [4.78, 5) is 45.4. The number of carbonyl (C=O) groups excluding carboxylic acids is 2. The van der Waals surface area contributed by atoms with Crippen molar-refractivity contribution in [2.75, 3.05) is 42.7 Å². The van der Waals surface area contributed by atoms with E-state index >= 15 is 0 Å². The van der Waals surface area contributed by atoms with Crippen LogP contribution in [0.1, 0.15) is 52.6 Å². The molecule has 2 amide bonds. The number of hydrogen-bond acceptors (Lipinski definition) is 7. The van der Waals surface area contributed by atoms with E-state index in [0.717, 1.165) is 16.7 Å². The molecule has 10 heteroatoms. The van der Waals surface area contributed by atoms with Gasteiger partial charge in [-0.3, -0.25) is 14.4 Å². The fraction of sp³-hybridized carbons (Fsp3) is 0.294. The summed E-state index contributed by atoms with van der Waals surface area (Å²) in [6, 6.07) is 18.2. The van der Waals surface area contributed by atoms with Crippen molar-refractivity contribution in [2.45, 2.75) is 33.1 Å². The smallest absolute Gasteiger partial charge is 0.293 e. The van der Waals surface area contributed by atoms with Crippen molar-refractivity contribution in [2.24, 2.45) is 7.05 Å². The van der Waals surface area contributed by atoms with Gasteiger partial charge in [0.1, 0.15) is 0 Å². The molecular weight excluding hydrogens is 556 g/mol. The average Bonchev–Trinajstić information content (AvgIpc) is 3.00. The second kappa shape index (κ2) is 12.3. The first-order chi connectivity index (χ1) is 20.9. The molecule has 4 aromatic rings. The van der Waals surface area contributed by atoms with Gasteiger partial charge in [-0.1, -0.05) is 45.0 Å². The SMILES string of the molecule is Cc1c(NC(=O)c2ccc(C(C)(C)C)cc2)cccc1-c1cn(C)c(=O)c(Nc2ccc(C(=O)N3CCOCC3)c(N)c2)n1. The molecule has 10 nitrogen and oxygen atoms in total. The van der Waals surface area contributed by atoms with Crippen LogP contribution in [0.15, 0.2) is 71.7 Å². The molecule has 3 aromatic carbocycles. The number of nitrogens with zero attached hydrogens (tertiary/aromatic N) is 3. The molecule has 1 aliphatic heterocycles. The van der Waals surface area contributed by atoms with E-state index in [0.29, 0.717) is 60.2 Å². The Kier molecular flexibility index (Phi) is 8.55. The molecule has 0 spiro atoms. The number of aryl methyl sites for hydroxylation is 1. The van der Waals surface area contributed by atoms with Crippen LogP contribution in [-0.4, -0.2) is 52.6 Å². The molecule has 1 saturated heterocycles. The third-order valence-electron chi connectivity index (χ3n) is 7.79. The van der Waals surface area contributed by atoms with Crippen molar-refractivity contribution in [1.82, 2.24) is 14.5 Å². The van der Waals surface area contributed by atoms with Gasteiger partial charge >= 0.3 is 0 Å². The van der Waals surface area contributed by atoms with Crippen LogP contribution >= 0.6 is 0 Å². The number of morpholine rings is 1. The first-order valence-electron chi connectivity index (χ1n) is 14.6. The molecule has 0 bridgehead atoms. The molecule has 5 rings (SSSR count). The third-order valence-corrected chi connectivity index (χ3v) is 7.79. The number of aromatic nitrogens is 2. The van der Waals surface area contributed by atoms with Crippen molar-refractivity contribution in [3.05, 3.63) is 99.5 Å². The van der Waals surface area contributed by atoms with Crippen LogP contribution < -0.4 is 21.9 Å². The summed E-state index contributed by atoms with van der Waals surface area (Å²) in [5.74, 6) is -0.267. The zero-order valence-electron chi connectivity index (χ0n) is 25.7. The van der Waals surface area contributed by atoms with Crippen molar-refractivity contribution in [1.29, 1.82) is 0 Å². The first kappa shape index (κ1) is 30.5. The molecule has 4 N–H and O–H groups in total. The predicted molar refractivity (Wildman–Crippen MR) is 174 cm³/mol. The number of nitrogens with one attached hydrogen (secondary N) is 2. The van der Waals surface area contributed by atoms with Crippen molar-refractivity contribution in [3.63, 3.8) is 0 Å². The molecule has 44 heavy (non-hydrogen) atoms. The summed E-state index contributed by atoms with van der Waals surface area (Å²) in [6.07, 6.45) is 1.66. The summed E-state index contributed by atoms with van der Waals surface area (Å²) in [7, 11) is 1.65. The van der Waals surface area contributed by atoms with Gasteiger partial charge in [0.25, 0.3) is 17.4 Å². The maximum absolute atomic E-state index is 13.1. The number of ether oxygens (including phenoxy) is 1. The van der Waals surface area contributed by atoms with E-state index in [4.69, 9.17) is 10.5 Å². The molecule has 1 fully saturated rings. The fourth-order valence-corrected chi connectivity index (χ4v) is 5.09. The second-order valence-corrected chi connectivity index (χ2v) is 12.0. The minimum absolute atomic E-state index is 0.00540. The molecule has 2 heterocycles. The van der Waals surface area contributed by atoms with E-state index in [9.17, 15) is 14.4 Å². The number of nitrogens with two attached hydrogens (primary N) is 1. The van der Waals surface area contributed by atoms with E-state index < -0.39 is 0 Å². The quantitative estimate of drug-likeness (QED) is 0.265. The first-order valence-corrected chi connectivity index (χ1v) is 14.6. The van der Waals surface area contributed by atoms with E-state index in [1.54, 1.807) is 36.3 Å². The highest BCUT2D eigenvalue weighted by Gasteiger charge is 2.21. The summed E-state index contributed by atoms with van der Waals surface area (Å²) in [6.45, 7) is 10.3. The van der Waals surface area contributed by atoms with Crippen molar-refractivity contribution < 1.29 is 14.3 Å². The maximum atomic E-state index is 13.1. The fourth-order valence-electron chi connectivity index (χ4n) is 5.09. The zero-order valence-corrected chi connectivity index (χ0v) is 25.7. The second-order valence-electron chi connectivity index (χ2n) is 12.0. The number of rotatable bonds is 6. The highest BCUT2D eigenvalue weighted by Crippen LogP contribution is 2.29. The van der Waals surface area contributed by atoms with Crippen LogP contribution in [0.25, 0.3) is 11.3 Å². The van der Waals surface area contributed by atoms with Gasteiger partial charge in [0.2, 0.25) is 0 Å². The monoisotopic (exact) mass is 594 g/mol. The summed E-state index contributed by atoms with van der Waals surface area (Å²) >= 11 is 0. The largest absolute Gasteiger partial charge is 0.398 e. The third kappa shape index (κ3) is 6.50. The lowest BCUT2D eigenvalue weighted by Crippen LogP contribution is -2.40. The Bertz CT molecular complexity index is 1770. The van der Waals surface area contributed by atoms with Gasteiger partial charge in [0.15, 0.2) is 5.82 Å². The lowest BCUT2D eigenvalue weighted by molar-refractivity contribution is 0.0303. The Balaban J connectivity index is 1.38. The topological polar surface area (TPSA) is 132 Å². The standard InChI is InChI=1S/C34H38N6O4/c1-21-25(7-6-8-28(21)38-31(41)22-9-11-23(12-10-22)34(2,3)4)29-20-39(5)33(43)30(37-29)36-24-13-14-26(27(35)19-24)32(42)40-15-17-44-18-16-40/h6-14,19-20H,15-18,35H2,1-5H3,(H,36,37)(H,38,41). The highest BCUT2D eigenvalue weighted by molar-refractivity contribution is 6.05. The van der Waals surface area contributed by atoms with E-state index in [-0.39, 0.29) is 28.6 Å². The zero-order chi connectivity index (χ0) is 31.6. The normalized spacial score (nSPS) is 13.4. The minimum atomic E-state index is -0.332. The average molecular weight is 595 g/mol. The number of benzene rings is 3. The predicted octanol–water partition coefficient (Wildman–Crippen LogP) is 5.10. The van der Waals surface area contributed by atoms with Gasteiger partial charge in [-0.25, -0.2) is 4.98 Å². The molecule has 1 aromatic heterocycles. The Morgan fingerprint density at radius 2 is 1.70 bits per heavy atom. The van der Waals surface area contributed by atoms with Crippen LogP contribution in [-0.2, 0) is 17.2 Å². The Hall–Kier alpha value is -4.96. The number of carbonyl (C=O) groups is 2. The van der Waals surface area contributed by atoms with E-state index in [1.807, 2.05) is 49.4 Å². The van der Waals surface area contributed by atoms with Crippen LogP contribution in [0, 0.1) is 6.92 Å². The minimum Gasteiger partial charge on any atom is -0.398 e. The number of nitrogen functional groups attached to an aromatic ring is 1. The summed E-state index contributed by atoms with van der Waals surface area (Å²) < 4.78 is 6.78. The lowest BCUT2D eigenvalue weighted by atomic mass is 9.86. The van der Waals surface area contributed by atoms with Gasteiger partial charge < -0.3 is 30.6 Å². The molecule has 0 aliphatic carbocycles. The van der Waals surface area contributed by atoms with Crippen LogP contribution in [0.2, 0.25) is 0 Å². The van der Waals surface area contributed by atoms with Crippen molar-refractivity contribution >= 4 is 34.7 Å². The number of amides is 2. The van der Waals surface area contributed by atoms with E-state index in [1.165, 1.54) is 4.57 Å². The molecular formula is C34H38N6O4. The number of anilines is 4. The number of hydrogen-bond donors (Lipinski definition) is 3. The van der Waals surface area contributed by atoms with Gasteiger partial charge in [-0.05, 0) is 59.9 Å². The van der Waals surface area contributed by atoms with Crippen LogP contribution in [0.5, 0.6) is 0 Å². The van der Waals surface area contributed by atoms with Crippen LogP contribution in [0.3, 0.4) is 0 Å². The van der Waals surface area contributed by atoms with Gasteiger partial charge in [-0.15, -0.1) is 0 Å². The maximum Gasteiger partial charge on any atom is 0.293 e. The summed E-state index contributed by atoms with van der Waals surface area (Å²) in [5, 5.41) is 6.09.